The van der Waals surface area contributed by atoms with Gasteiger partial charge in [0, 0.05) is 31.1 Å². The van der Waals surface area contributed by atoms with Gasteiger partial charge >= 0.3 is 6.09 Å². The molecular formula is C18H25ClN4O2S. The maximum Gasteiger partial charge on any atom is 0.410 e. The van der Waals surface area contributed by atoms with E-state index in [9.17, 15) is 4.79 Å². The Bertz CT molecular complexity index is 831. The molecule has 0 atom stereocenters. The van der Waals surface area contributed by atoms with Crippen molar-refractivity contribution in [2.45, 2.75) is 46.6 Å². The molecule has 8 heteroatoms. The van der Waals surface area contributed by atoms with Gasteiger partial charge in [-0.3, -0.25) is 0 Å². The summed E-state index contributed by atoms with van der Waals surface area (Å²) in [6, 6.07) is 0. The van der Waals surface area contributed by atoms with Crippen molar-refractivity contribution < 1.29 is 9.53 Å². The first-order valence-corrected chi connectivity index (χ1v) is 10.0. The van der Waals surface area contributed by atoms with Crippen LogP contribution in [0.15, 0.2) is 0 Å². The van der Waals surface area contributed by atoms with E-state index in [0.29, 0.717) is 19.6 Å². The van der Waals surface area contributed by atoms with Crippen molar-refractivity contribution in [3.05, 3.63) is 15.7 Å². The van der Waals surface area contributed by atoms with Crippen LogP contribution in [-0.4, -0.2) is 52.7 Å². The maximum atomic E-state index is 12.4. The summed E-state index contributed by atoms with van der Waals surface area (Å²) in [7, 11) is 0. The van der Waals surface area contributed by atoms with Crippen LogP contribution in [0.25, 0.3) is 10.2 Å². The molecule has 2 aromatic heterocycles. The lowest BCUT2D eigenvalue weighted by molar-refractivity contribution is 0.0263. The minimum Gasteiger partial charge on any atom is -0.444 e. The van der Waals surface area contributed by atoms with Crippen LogP contribution >= 0.6 is 22.9 Å². The number of fused-ring (bicyclic) bond motifs is 1. The number of rotatable bonds is 1. The van der Waals surface area contributed by atoms with Crippen LogP contribution in [0.3, 0.4) is 0 Å². The third kappa shape index (κ3) is 4.04. The summed E-state index contributed by atoms with van der Waals surface area (Å²) in [5.74, 6) is 0.868. The van der Waals surface area contributed by atoms with Gasteiger partial charge < -0.3 is 14.5 Å². The number of carbonyl (C=O) groups excluding carboxylic acids is 1. The number of aryl methyl sites for hydroxylation is 2. The highest BCUT2D eigenvalue weighted by atomic mass is 35.5. The Labute approximate surface area is 163 Å². The zero-order valence-electron chi connectivity index (χ0n) is 15.9. The standard InChI is InChI=1S/C18H25ClN4O2S/c1-11-12(2)26-15-13(11)14(20-16(19)21-15)22-7-6-8-23(10-9-22)17(24)25-18(3,4)5/h6-10H2,1-5H3. The molecule has 3 heterocycles. The van der Waals surface area contributed by atoms with Crippen molar-refractivity contribution in [2.24, 2.45) is 0 Å². The van der Waals surface area contributed by atoms with Crippen LogP contribution in [0.5, 0.6) is 0 Å². The Morgan fingerprint density at radius 1 is 1.15 bits per heavy atom. The summed E-state index contributed by atoms with van der Waals surface area (Å²) in [5.41, 5.74) is 0.714. The van der Waals surface area contributed by atoms with Gasteiger partial charge in [-0.15, -0.1) is 11.3 Å². The highest BCUT2D eigenvalue weighted by Gasteiger charge is 2.26. The smallest absolute Gasteiger partial charge is 0.410 e. The van der Waals surface area contributed by atoms with Crippen molar-refractivity contribution in [1.29, 1.82) is 0 Å². The van der Waals surface area contributed by atoms with E-state index in [0.717, 1.165) is 29.0 Å². The zero-order chi connectivity index (χ0) is 19.1. The molecule has 1 fully saturated rings. The Kier molecular flexibility index (Phi) is 5.30. The molecule has 0 N–H and O–H groups in total. The Morgan fingerprint density at radius 3 is 2.58 bits per heavy atom. The molecular weight excluding hydrogens is 372 g/mol. The number of ether oxygens (including phenoxy) is 1. The average molecular weight is 397 g/mol. The van der Waals surface area contributed by atoms with Crippen LogP contribution in [0.4, 0.5) is 10.6 Å². The summed E-state index contributed by atoms with van der Waals surface area (Å²) in [4.78, 5) is 27.4. The van der Waals surface area contributed by atoms with Crippen LogP contribution in [0.2, 0.25) is 5.28 Å². The number of anilines is 1. The van der Waals surface area contributed by atoms with Gasteiger partial charge in [-0.2, -0.15) is 4.98 Å². The predicted octanol–water partition coefficient (Wildman–Crippen LogP) is 4.41. The summed E-state index contributed by atoms with van der Waals surface area (Å²) in [5, 5.41) is 1.34. The second-order valence-electron chi connectivity index (χ2n) is 7.59. The molecule has 0 aliphatic carbocycles. The highest BCUT2D eigenvalue weighted by Crippen LogP contribution is 2.36. The normalized spacial score (nSPS) is 16.1. The molecule has 2 aromatic rings. The van der Waals surface area contributed by atoms with E-state index in [4.69, 9.17) is 16.3 Å². The van der Waals surface area contributed by atoms with Gasteiger partial charge in [-0.1, -0.05) is 0 Å². The summed E-state index contributed by atoms with van der Waals surface area (Å²) >= 11 is 7.81. The van der Waals surface area contributed by atoms with E-state index < -0.39 is 5.60 Å². The Morgan fingerprint density at radius 2 is 1.88 bits per heavy atom. The molecule has 0 radical (unpaired) electrons. The molecule has 3 rings (SSSR count). The summed E-state index contributed by atoms with van der Waals surface area (Å²) in [6.07, 6.45) is 0.595. The van der Waals surface area contributed by atoms with Gasteiger partial charge in [0.1, 0.15) is 16.2 Å². The summed E-state index contributed by atoms with van der Waals surface area (Å²) < 4.78 is 5.51. The fourth-order valence-electron chi connectivity index (χ4n) is 3.07. The lowest BCUT2D eigenvalue weighted by atomic mass is 10.2. The largest absolute Gasteiger partial charge is 0.444 e. The molecule has 0 bridgehead atoms. The lowest BCUT2D eigenvalue weighted by Crippen LogP contribution is -2.39. The first-order valence-electron chi connectivity index (χ1n) is 8.82. The zero-order valence-corrected chi connectivity index (χ0v) is 17.5. The van der Waals surface area contributed by atoms with Gasteiger partial charge in [-0.05, 0) is 58.2 Å². The van der Waals surface area contributed by atoms with Crippen molar-refractivity contribution in [3.8, 4) is 0 Å². The maximum absolute atomic E-state index is 12.4. The van der Waals surface area contributed by atoms with E-state index in [1.54, 1.807) is 16.2 Å². The number of aromatic nitrogens is 2. The van der Waals surface area contributed by atoms with Gasteiger partial charge in [0.05, 0.1) is 5.39 Å². The third-order valence-electron chi connectivity index (χ3n) is 4.43. The fourth-order valence-corrected chi connectivity index (χ4v) is 4.31. The average Bonchev–Trinajstić information content (AvgIpc) is 2.72. The first-order chi connectivity index (χ1) is 12.2. The first kappa shape index (κ1) is 19.2. The quantitative estimate of drug-likeness (QED) is 0.668. The number of hydrogen-bond acceptors (Lipinski definition) is 6. The molecule has 1 amide bonds. The van der Waals surface area contributed by atoms with Gasteiger partial charge in [-0.25, -0.2) is 9.78 Å². The molecule has 0 spiro atoms. The SMILES string of the molecule is Cc1sc2nc(Cl)nc(N3CCCN(C(=O)OC(C)(C)C)CC3)c2c1C. The number of carbonyl (C=O) groups is 1. The van der Waals surface area contributed by atoms with Crippen LogP contribution in [-0.2, 0) is 4.74 Å². The molecule has 1 saturated heterocycles. The molecule has 6 nitrogen and oxygen atoms in total. The van der Waals surface area contributed by atoms with Crippen LogP contribution < -0.4 is 4.90 Å². The molecule has 26 heavy (non-hydrogen) atoms. The van der Waals surface area contributed by atoms with Crippen molar-refractivity contribution in [2.75, 3.05) is 31.1 Å². The van der Waals surface area contributed by atoms with Gasteiger partial charge in [0.2, 0.25) is 5.28 Å². The number of thiophene rings is 1. The fraction of sp³-hybridized carbons (Fsp3) is 0.611. The Balaban J connectivity index is 1.84. The second kappa shape index (κ2) is 7.19. The molecule has 1 aliphatic heterocycles. The molecule has 0 aromatic carbocycles. The number of amides is 1. The van der Waals surface area contributed by atoms with Crippen molar-refractivity contribution in [1.82, 2.24) is 14.9 Å². The van der Waals surface area contributed by atoms with E-state index in [-0.39, 0.29) is 11.4 Å². The number of hydrogen-bond donors (Lipinski definition) is 0. The van der Waals surface area contributed by atoms with Crippen LogP contribution in [0, 0.1) is 13.8 Å². The molecule has 1 aliphatic rings. The summed E-state index contributed by atoms with van der Waals surface area (Å²) in [6.45, 7) is 12.6. The van der Waals surface area contributed by atoms with Crippen molar-refractivity contribution >= 4 is 45.1 Å². The van der Waals surface area contributed by atoms with Gasteiger partial charge in [0.25, 0.3) is 0 Å². The Hall–Kier alpha value is -1.60. The molecule has 142 valence electrons. The molecule has 0 unspecified atom stereocenters. The number of halogens is 1. The van der Waals surface area contributed by atoms with Gasteiger partial charge in [0.15, 0.2) is 0 Å². The minimum absolute atomic E-state index is 0.257. The lowest BCUT2D eigenvalue weighted by Gasteiger charge is -2.26. The number of nitrogens with zero attached hydrogens (tertiary/aromatic N) is 4. The van der Waals surface area contributed by atoms with E-state index in [1.807, 2.05) is 20.8 Å². The van der Waals surface area contributed by atoms with E-state index >= 15 is 0 Å². The monoisotopic (exact) mass is 396 g/mol. The predicted molar refractivity (Wildman–Crippen MR) is 107 cm³/mol. The topological polar surface area (TPSA) is 58.6 Å². The minimum atomic E-state index is -0.485. The van der Waals surface area contributed by atoms with E-state index in [2.05, 4.69) is 28.7 Å². The third-order valence-corrected chi connectivity index (χ3v) is 5.70. The molecule has 0 saturated carbocycles. The van der Waals surface area contributed by atoms with Crippen molar-refractivity contribution in [3.63, 3.8) is 0 Å². The second-order valence-corrected chi connectivity index (χ2v) is 9.13. The van der Waals surface area contributed by atoms with Crippen LogP contribution in [0.1, 0.15) is 37.6 Å². The van der Waals surface area contributed by atoms with E-state index in [1.165, 1.54) is 10.4 Å². The highest BCUT2D eigenvalue weighted by molar-refractivity contribution is 7.18.